The zero-order valence-electron chi connectivity index (χ0n) is 21.7. The minimum absolute atomic E-state index is 0.00141. The summed E-state index contributed by atoms with van der Waals surface area (Å²) in [5.41, 5.74) is 1.74. The van der Waals surface area contributed by atoms with Gasteiger partial charge in [-0.1, -0.05) is 34.0 Å². The van der Waals surface area contributed by atoms with Crippen molar-refractivity contribution in [2.24, 2.45) is 0 Å². The molecule has 40 heavy (non-hydrogen) atoms. The lowest BCUT2D eigenvalue weighted by atomic mass is 10.0. The van der Waals surface area contributed by atoms with Gasteiger partial charge in [-0.05, 0) is 44.9 Å². The Hall–Kier alpha value is -3.94. The number of nitrogens with one attached hydrogen (secondary N) is 2. The number of fused-ring (bicyclic) bond motifs is 1. The van der Waals surface area contributed by atoms with Gasteiger partial charge in [0, 0.05) is 36.8 Å². The van der Waals surface area contributed by atoms with E-state index < -0.39 is 11.8 Å². The molecule has 0 radical (unpaired) electrons. The average Bonchev–Trinajstić information content (AvgIpc) is 3.73. The number of ether oxygens (including phenoxy) is 1. The number of rotatable bonds is 7. The molecular weight excluding hydrogens is 558 g/mol. The summed E-state index contributed by atoms with van der Waals surface area (Å²) in [4.78, 5) is 30.5. The smallest absolute Gasteiger partial charge is 0.389 e. The van der Waals surface area contributed by atoms with E-state index in [1.807, 2.05) is 18.2 Å². The van der Waals surface area contributed by atoms with Crippen LogP contribution in [0.25, 0.3) is 32.9 Å². The van der Waals surface area contributed by atoms with Crippen LogP contribution in [0.3, 0.4) is 0 Å². The average molecular weight is 584 g/mol. The Kier molecular flexibility index (Phi) is 7.17. The highest BCUT2D eigenvalue weighted by Gasteiger charge is 2.25. The fraction of sp³-hybridized carbons (Fsp3) is 0.346. The molecule has 0 bridgehead atoms. The standard InChI is InChI=1S/C26H26ClN7O5S/c1-14(2)33-10-8-15(9-11-33)28-25(35)37-24-22-17(23-29-26(36)39-32-23)4-3-5-18(22)34(30-24)13-16-12-19(38-31-16)20-6-7-21(27)40-20/h3-7,12,14-15H,8-11,13H2,1-2H3,(H,28,35)(H,29,32,36). The summed E-state index contributed by atoms with van der Waals surface area (Å²) in [5.74, 6) is 0.153. The van der Waals surface area contributed by atoms with Crippen molar-refractivity contribution in [3.63, 3.8) is 0 Å². The fourth-order valence-corrected chi connectivity index (χ4v) is 5.87. The number of carbonyl (C=O) groups excluding carboxylic acids is 1. The van der Waals surface area contributed by atoms with E-state index >= 15 is 0 Å². The Morgan fingerprint density at radius 3 is 2.75 bits per heavy atom. The molecular formula is C26H26ClN7O5S. The third kappa shape index (κ3) is 5.40. The van der Waals surface area contributed by atoms with E-state index in [-0.39, 0.29) is 24.3 Å². The van der Waals surface area contributed by atoms with Crippen molar-refractivity contribution in [3.8, 4) is 27.9 Å². The van der Waals surface area contributed by atoms with Crippen LogP contribution < -0.4 is 15.8 Å². The van der Waals surface area contributed by atoms with Crippen LogP contribution in [-0.4, -0.2) is 61.2 Å². The van der Waals surface area contributed by atoms with E-state index in [9.17, 15) is 9.59 Å². The number of aromatic nitrogens is 5. The van der Waals surface area contributed by atoms with Crippen molar-refractivity contribution in [2.75, 3.05) is 13.1 Å². The fourth-order valence-electron chi connectivity index (χ4n) is 4.88. The van der Waals surface area contributed by atoms with E-state index in [2.05, 4.69) is 44.5 Å². The first-order chi connectivity index (χ1) is 19.3. The number of benzene rings is 1. The number of piperidine rings is 1. The van der Waals surface area contributed by atoms with Crippen molar-refractivity contribution in [1.82, 2.24) is 35.3 Å². The van der Waals surface area contributed by atoms with Crippen LogP contribution in [0.2, 0.25) is 4.34 Å². The quantitative estimate of drug-likeness (QED) is 0.277. The van der Waals surface area contributed by atoms with Gasteiger partial charge in [-0.15, -0.1) is 16.4 Å². The number of carbonyl (C=O) groups is 1. The summed E-state index contributed by atoms with van der Waals surface area (Å²) >= 11 is 7.45. The molecule has 1 aliphatic rings. The number of aromatic amines is 1. The van der Waals surface area contributed by atoms with Gasteiger partial charge in [0.05, 0.1) is 26.7 Å². The van der Waals surface area contributed by atoms with E-state index in [1.54, 1.807) is 22.9 Å². The molecule has 1 aliphatic heterocycles. The van der Waals surface area contributed by atoms with Crippen LogP contribution >= 0.6 is 22.9 Å². The Balaban J connectivity index is 1.29. The van der Waals surface area contributed by atoms with E-state index in [0.29, 0.717) is 38.3 Å². The van der Waals surface area contributed by atoms with Crippen molar-refractivity contribution in [3.05, 3.63) is 57.0 Å². The normalized spacial score (nSPS) is 14.8. The maximum Gasteiger partial charge on any atom is 0.439 e. The van der Waals surface area contributed by atoms with Crippen LogP contribution in [-0.2, 0) is 6.54 Å². The van der Waals surface area contributed by atoms with Gasteiger partial charge in [0.2, 0.25) is 0 Å². The topological polar surface area (TPSA) is 144 Å². The van der Waals surface area contributed by atoms with Gasteiger partial charge in [0.25, 0.3) is 5.88 Å². The zero-order valence-corrected chi connectivity index (χ0v) is 23.3. The third-order valence-corrected chi connectivity index (χ3v) is 8.15. The molecule has 2 N–H and O–H groups in total. The third-order valence-electron chi connectivity index (χ3n) is 6.90. The van der Waals surface area contributed by atoms with Crippen LogP contribution in [0.4, 0.5) is 4.79 Å². The number of likely N-dealkylation sites (tertiary alicyclic amines) is 1. The number of halogens is 1. The Bertz CT molecular complexity index is 1710. The number of hydrogen-bond acceptors (Lipinski definition) is 10. The maximum atomic E-state index is 13.0. The van der Waals surface area contributed by atoms with Crippen molar-refractivity contribution < 1.29 is 18.6 Å². The molecule has 12 nitrogen and oxygen atoms in total. The number of hydrogen-bond donors (Lipinski definition) is 2. The number of amides is 1. The molecule has 1 saturated heterocycles. The second kappa shape index (κ2) is 10.9. The monoisotopic (exact) mass is 583 g/mol. The molecule has 4 aromatic heterocycles. The van der Waals surface area contributed by atoms with Crippen molar-refractivity contribution >= 4 is 39.9 Å². The van der Waals surface area contributed by atoms with E-state index in [0.717, 1.165) is 30.8 Å². The predicted octanol–water partition coefficient (Wildman–Crippen LogP) is 4.76. The largest absolute Gasteiger partial charge is 0.439 e. The van der Waals surface area contributed by atoms with Crippen LogP contribution in [0.15, 0.2) is 50.2 Å². The lowest BCUT2D eigenvalue weighted by Gasteiger charge is -2.34. The number of nitrogens with zero attached hydrogens (tertiary/aromatic N) is 5. The van der Waals surface area contributed by atoms with Gasteiger partial charge >= 0.3 is 11.8 Å². The van der Waals surface area contributed by atoms with Crippen LogP contribution in [0, 0.1) is 0 Å². The maximum absolute atomic E-state index is 13.0. The second-order valence-electron chi connectivity index (χ2n) is 9.83. The second-order valence-corrected chi connectivity index (χ2v) is 11.5. The molecule has 0 saturated carbocycles. The summed E-state index contributed by atoms with van der Waals surface area (Å²) in [6.07, 6.45) is 1.06. The molecule has 5 aromatic rings. The van der Waals surface area contributed by atoms with Gasteiger partial charge in [-0.2, -0.15) is 0 Å². The summed E-state index contributed by atoms with van der Waals surface area (Å²) in [6.45, 7) is 6.38. The molecule has 1 amide bonds. The lowest BCUT2D eigenvalue weighted by Crippen LogP contribution is -2.47. The first kappa shape index (κ1) is 26.3. The zero-order chi connectivity index (χ0) is 27.8. The molecule has 0 unspecified atom stereocenters. The first-order valence-corrected chi connectivity index (χ1v) is 14.0. The first-order valence-electron chi connectivity index (χ1n) is 12.8. The van der Waals surface area contributed by atoms with Gasteiger partial charge in [0.1, 0.15) is 5.69 Å². The van der Waals surface area contributed by atoms with Crippen LogP contribution in [0.1, 0.15) is 32.4 Å². The summed E-state index contributed by atoms with van der Waals surface area (Å²) in [7, 11) is 0. The van der Waals surface area contributed by atoms with Crippen molar-refractivity contribution in [2.45, 2.75) is 45.3 Å². The lowest BCUT2D eigenvalue weighted by molar-refractivity contribution is 0.151. The number of thiophene rings is 1. The SMILES string of the molecule is CC(C)N1CCC(NC(=O)Oc2nn(Cc3cc(-c4ccc(Cl)s4)on3)c3cccc(-c4noc(=O)[nH]4)c23)CC1. The molecule has 0 spiro atoms. The summed E-state index contributed by atoms with van der Waals surface area (Å²) in [6, 6.07) is 11.3. The van der Waals surface area contributed by atoms with Gasteiger partial charge in [-0.3, -0.25) is 14.2 Å². The molecule has 0 aliphatic carbocycles. The van der Waals surface area contributed by atoms with E-state index in [1.165, 1.54) is 11.3 Å². The molecule has 208 valence electrons. The Morgan fingerprint density at radius 1 is 1.23 bits per heavy atom. The van der Waals surface area contributed by atoms with Gasteiger partial charge in [-0.25, -0.2) is 9.59 Å². The highest BCUT2D eigenvalue weighted by Crippen LogP contribution is 2.35. The molecule has 5 heterocycles. The predicted molar refractivity (Wildman–Crippen MR) is 149 cm³/mol. The highest BCUT2D eigenvalue weighted by molar-refractivity contribution is 7.19. The van der Waals surface area contributed by atoms with Crippen LogP contribution in [0.5, 0.6) is 5.88 Å². The minimum Gasteiger partial charge on any atom is -0.389 e. The van der Waals surface area contributed by atoms with Gasteiger partial charge in [0.15, 0.2) is 11.6 Å². The highest BCUT2D eigenvalue weighted by atomic mass is 35.5. The molecule has 1 aromatic carbocycles. The Morgan fingerprint density at radius 2 is 2.05 bits per heavy atom. The molecule has 14 heteroatoms. The summed E-state index contributed by atoms with van der Waals surface area (Å²) < 4.78 is 18.3. The summed E-state index contributed by atoms with van der Waals surface area (Å²) in [5, 5.41) is 16.1. The molecule has 0 atom stereocenters. The van der Waals surface area contributed by atoms with Crippen molar-refractivity contribution in [1.29, 1.82) is 0 Å². The molecule has 1 fully saturated rings. The minimum atomic E-state index is -0.698. The number of H-pyrrole nitrogens is 1. The van der Waals surface area contributed by atoms with E-state index in [4.69, 9.17) is 25.4 Å². The van der Waals surface area contributed by atoms with Gasteiger partial charge < -0.3 is 19.5 Å². The Labute approximate surface area is 236 Å². The molecule has 6 rings (SSSR count).